The molecule has 34 heavy (non-hydrogen) atoms. The fourth-order valence-electron chi connectivity index (χ4n) is 5.29. The van der Waals surface area contributed by atoms with Gasteiger partial charge in [0.2, 0.25) is 5.91 Å². The van der Waals surface area contributed by atoms with E-state index in [1.807, 2.05) is 29.2 Å². The molecule has 6 heteroatoms. The van der Waals surface area contributed by atoms with Crippen LogP contribution < -0.4 is 5.56 Å². The molecule has 2 fully saturated rings. The van der Waals surface area contributed by atoms with Crippen LogP contribution in [0.5, 0.6) is 0 Å². The fraction of sp³-hybridized carbons (Fsp3) is 0.393. The van der Waals surface area contributed by atoms with Crippen molar-refractivity contribution in [1.29, 1.82) is 0 Å². The van der Waals surface area contributed by atoms with Crippen molar-refractivity contribution in [1.82, 2.24) is 14.9 Å². The number of aryl methyl sites for hydroxylation is 1. The van der Waals surface area contributed by atoms with E-state index in [1.54, 1.807) is 0 Å². The number of aromatic nitrogens is 2. The van der Waals surface area contributed by atoms with Gasteiger partial charge in [-0.1, -0.05) is 48.0 Å². The molecule has 1 N–H and O–H groups in total. The Balaban J connectivity index is 1.24. The highest BCUT2D eigenvalue weighted by atomic mass is 35.5. The van der Waals surface area contributed by atoms with Crippen molar-refractivity contribution in [3.63, 3.8) is 0 Å². The molecule has 2 saturated carbocycles. The van der Waals surface area contributed by atoms with E-state index in [0.717, 1.165) is 41.9 Å². The lowest BCUT2D eigenvalue weighted by atomic mass is 9.94. The van der Waals surface area contributed by atoms with E-state index in [-0.39, 0.29) is 16.9 Å². The van der Waals surface area contributed by atoms with Crippen LogP contribution in [0.4, 0.5) is 0 Å². The van der Waals surface area contributed by atoms with Gasteiger partial charge in [-0.05, 0) is 73.3 Å². The number of benzene rings is 2. The Kier molecular flexibility index (Phi) is 5.33. The van der Waals surface area contributed by atoms with E-state index in [4.69, 9.17) is 16.6 Å². The van der Waals surface area contributed by atoms with Gasteiger partial charge >= 0.3 is 0 Å². The summed E-state index contributed by atoms with van der Waals surface area (Å²) in [6.45, 7) is 0.967. The van der Waals surface area contributed by atoms with E-state index >= 15 is 0 Å². The van der Waals surface area contributed by atoms with Gasteiger partial charge in [0.05, 0.1) is 29.6 Å². The van der Waals surface area contributed by atoms with Gasteiger partial charge in [-0.3, -0.25) is 9.59 Å². The highest BCUT2D eigenvalue weighted by Gasteiger charge is 2.48. The Morgan fingerprint density at radius 3 is 2.74 bits per heavy atom. The first-order valence-electron chi connectivity index (χ1n) is 12.3. The number of nitrogens with zero attached hydrogens (tertiary/aromatic N) is 2. The number of carbonyl (C=O) groups is 1. The Hall–Kier alpha value is -2.92. The maximum atomic E-state index is 13.2. The molecule has 2 aliphatic carbocycles. The SMILES string of the molecule is O=C(Cc1cccc(C2CC2)c1)N1CCCc2nc(C3(c4cccc(Cl)c4)CC3)[nH]c(=O)c2C1. The summed E-state index contributed by atoms with van der Waals surface area (Å²) in [5.74, 6) is 1.47. The summed E-state index contributed by atoms with van der Waals surface area (Å²) in [5, 5.41) is 0.692. The summed E-state index contributed by atoms with van der Waals surface area (Å²) in [7, 11) is 0. The third kappa shape index (κ3) is 4.07. The molecular weight excluding hydrogens is 446 g/mol. The lowest BCUT2D eigenvalue weighted by Crippen LogP contribution is -2.34. The van der Waals surface area contributed by atoms with E-state index < -0.39 is 0 Å². The zero-order valence-corrected chi connectivity index (χ0v) is 19.9. The van der Waals surface area contributed by atoms with Crippen LogP contribution in [0.2, 0.25) is 5.02 Å². The minimum absolute atomic E-state index is 0.0712. The molecule has 1 amide bonds. The number of carbonyl (C=O) groups excluding carboxylic acids is 1. The van der Waals surface area contributed by atoms with E-state index in [2.05, 4.69) is 29.2 Å². The zero-order valence-electron chi connectivity index (χ0n) is 19.1. The van der Waals surface area contributed by atoms with Gasteiger partial charge in [-0.15, -0.1) is 0 Å². The Morgan fingerprint density at radius 2 is 1.97 bits per heavy atom. The van der Waals surface area contributed by atoms with Crippen molar-refractivity contribution < 1.29 is 4.79 Å². The highest BCUT2D eigenvalue weighted by molar-refractivity contribution is 6.30. The molecule has 2 aromatic carbocycles. The highest BCUT2D eigenvalue weighted by Crippen LogP contribution is 2.52. The van der Waals surface area contributed by atoms with Gasteiger partial charge in [-0.25, -0.2) is 4.98 Å². The molecule has 174 valence electrons. The van der Waals surface area contributed by atoms with Crippen molar-refractivity contribution >= 4 is 17.5 Å². The quantitative estimate of drug-likeness (QED) is 0.573. The van der Waals surface area contributed by atoms with Crippen molar-refractivity contribution in [2.24, 2.45) is 0 Å². The van der Waals surface area contributed by atoms with Gasteiger partial charge in [0, 0.05) is 11.6 Å². The van der Waals surface area contributed by atoms with E-state index in [1.165, 1.54) is 18.4 Å². The Bertz CT molecular complexity index is 1320. The largest absolute Gasteiger partial charge is 0.338 e. The summed E-state index contributed by atoms with van der Waals surface area (Å²) in [6, 6.07) is 16.3. The van der Waals surface area contributed by atoms with E-state index in [0.29, 0.717) is 42.4 Å². The number of rotatable bonds is 5. The first-order chi connectivity index (χ1) is 16.5. The summed E-state index contributed by atoms with van der Waals surface area (Å²) in [6.07, 6.45) is 6.27. The fourth-order valence-corrected chi connectivity index (χ4v) is 5.48. The Morgan fingerprint density at radius 1 is 1.15 bits per heavy atom. The second-order valence-electron chi connectivity index (χ2n) is 10.0. The molecule has 0 spiro atoms. The number of amides is 1. The minimum Gasteiger partial charge on any atom is -0.338 e. The van der Waals surface area contributed by atoms with Crippen molar-refractivity contribution in [2.45, 2.75) is 62.8 Å². The van der Waals surface area contributed by atoms with Crippen LogP contribution in [0.3, 0.4) is 0 Å². The molecule has 0 atom stereocenters. The van der Waals surface area contributed by atoms with Crippen LogP contribution in [0, 0.1) is 0 Å². The zero-order chi connectivity index (χ0) is 23.3. The van der Waals surface area contributed by atoms with Gasteiger partial charge in [-0.2, -0.15) is 0 Å². The predicted molar refractivity (Wildman–Crippen MR) is 132 cm³/mol. The number of H-pyrrole nitrogens is 1. The van der Waals surface area contributed by atoms with Crippen LogP contribution in [0.15, 0.2) is 53.3 Å². The first kappa shape index (κ1) is 21.6. The number of hydrogen-bond donors (Lipinski definition) is 1. The van der Waals surface area contributed by atoms with Crippen molar-refractivity contribution in [2.75, 3.05) is 6.54 Å². The topological polar surface area (TPSA) is 66.1 Å². The van der Waals surface area contributed by atoms with Crippen LogP contribution in [0.25, 0.3) is 0 Å². The number of hydrogen-bond acceptors (Lipinski definition) is 3. The second kappa shape index (κ2) is 8.38. The average molecular weight is 474 g/mol. The summed E-state index contributed by atoms with van der Waals surface area (Å²) < 4.78 is 0. The van der Waals surface area contributed by atoms with Crippen molar-refractivity contribution in [3.8, 4) is 0 Å². The molecule has 0 saturated heterocycles. The summed E-state index contributed by atoms with van der Waals surface area (Å²) in [4.78, 5) is 36.2. The molecule has 3 aromatic rings. The van der Waals surface area contributed by atoms with Crippen LogP contribution in [0.1, 0.15) is 71.8 Å². The first-order valence-corrected chi connectivity index (χ1v) is 12.6. The summed E-state index contributed by atoms with van der Waals surface area (Å²) in [5.41, 5.74) is 4.58. The molecule has 0 bridgehead atoms. The van der Waals surface area contributed by atoms with Gasteiger partial charge in [0.1, 0.15) is 5.82 Å². The smallest absolute Gasteiger partial charge is 0.256 e. The van der Waals surface area contributed by atoms with Gasteiger partial charge in [0.25, 0.3) is 5.56 Å². The third-order valence-corrected chi connectivity index (χ3v) is 7.82. The van der Waals surface area contributed by atoms with E-state index in [9.17, 15) is 9.59 Å². The van der Waals surface area contributed by atoms with Crippen LogP contribution in [-0.4, -0.2) is 27.3 Å². The molecule has 2 heterocycles. The summed E-state index contributed by atoms with van der Waals surface area (Å²) >= 11 is 6.24. The molecular formula is C28H28ClN3O2. The number of aromatic amines is 1. The van der Waals surface area contributed by atoms with Crippen molar-refractivity contribution in [3.05, 3.63) is 97.7 Å². The average Bonchev–Trinajstić information content (AvgIpc) is 3.72. The lowest BCUT2D eigenvalue weighted by molar-refractivity contribution is -0.131. The molecule has 1 aromatic heterocycles. The van der Waals surface area contributed by atoms with Crippen LogP contribution in [-0.2, 0) is 29.6 Å². The number of fused-ring (bicyclic) bond motifs is 1. The Labute approximate surface area is 204 Å². The maximum absolute atomic E-state index is 13.2. The normalized spacial score (nSPS) is 18.8. The van der Waals surface area contributed by atoms with Gasteiger partial charge in [0.15, 0.2) is 0 Å². The number of nitrogens with one attached hydrogen (secondary N) is 1. The van der Waals surface area contributed by atoms with Crippen LogP contribution >= 0.6 is 11.6 Å². The number of halogens is 1. The lowest BCUT2D eigenvalue weighted by Gasteiger charge is -2.21. The maximum Gasteiger partial charge on any atom is 0.256 e. The standard InChI is InChI=1S/C28H28ClN3O2/c29-22-7-2-6-21(16-22)28(11-12-28)27-30-24-8-3-13-32(17-23(24)26(34)31-27)25(33)15-18-4-1-5-20(14-18)19-9-10-19/h1-2,4-7,14,16,19H,3,8-13,15,17H2,(H,30,31,34). The molecule has 1 aliphatic heterocycles. The third-order valence-electron chi connectivity index (χ3n) is 7.58. The molecule has 0 unspecified atom stereocenters. The molecule has 0 radical (unpaired) electrons. The van der Waals surface area contributed by atoms with Gasteiger partial charge < -0.3 is 9.88 Å². The molecule has 6 rings (SSSR count). The molecule has 3 aliphatic rings. The molecule has 5 nitrogen and oxygen atoms in total. The predicted octanol–water partition coefficient (Wildman–Crippen LogP) is 4.90. The minimum atomic E-state index is -0.256. The monoisotopic (exact) mass is 473 g/mol. The second-order valence-corrected chi connectivity index (χ2v) is 10.5.